The standard InChI is InChI=1S/C27H34N4O4S/c1-6-10-21(15-25(32)28-36(34,35)18(2)3)31-23-13-8-7-12-22(23)30(27(31)33)17-20-16-29(5)24-14-9-11-19(4)26(20)24/h7-9,11-14,16,18,21H,6,10,15,17H2,1-5H3,(H,28,32)/t21-/m0/s1. The number of benzene rings is 2. The van der Waals surface area contributed by atoms with E-state index in [2.05, 4.69) is 34.5 Å². The van der Waals surface area contributed by atoms with Gasteiger partial charge in [-0.3, -0.25) is 18.7 Å². The highest BCUT2D eigenvalue weighted by atomic mass is 32.2. The van der Waals surface area contributed by atoms with Crippen molar-refractivity contribution >= 4 is 37.9 Å². The van der Waals surface area contributed by atoms with Crippen LogP contribution in [0.3, 0.4) is 0 Å². The number of sulfonamides is 1. The van der Waals surface area contributed by atoms with Gasteiger partial charge in [-0.1, -0.05) is 37.6 Å². The van der Waals surface area contributed by atoms with Gasteiger partial charge in [0, 0.05) is 36.6 Å². The predicted molar refractivity (Wildman–Crippen MR) is 144 cm³/mol. The van der Waals surface area contributed by atoms with Crippen LogP contribution in [0.15, 0.2) is 53.5 Å². The molecule has 0 unspecified atom stereocenters. The van der Waals surface area contributed by atoms with Crippen LogP contribution in [0.2, 0.25) is 0 Å². The zero-order chi connectivity index (χ0) is 26.2. The van der Waals surface area contributed by atoms with Crippen molar-refractivity contribution in [1.29, 1.82) is 0 Å². The molecular formula is C27H34N4O4S. The highest BCUT2D eigenvalue weighted by molar-refractivity contribution is 7.90. The molecule has 4 rings (SSSR count). The minimum Gasteiger partial charge on any atom is -0.350 e. The number of nitrogens with zero attached hydrogens (tertiary/aromatic N) is 3. The summed E-state index contributed by atoms with van der Waals surface area (Å²) in [5, 5.41) is 0.409. The molecular weight excluding hydrogens is 476 g/mol. The van der Waals surface area contributed by atoms with Crippen molar-refractivity contribution in [2.75, 3.05) is 0 Å². The molecule has 36 heavy (non-hydrogen) atoms. The summed E-state index contributed by atoms with van der Waals surface area (Å²) in [6.45, 7) is 7.48. The maximum absolute atomic E-state index is 13.9. The van der Waals surface area contributed by atoms with Crippen molar-refractivity contribution in [3.8, 4) is 0 Å². The van der Waals surface area contributed by atoms with Crippen LogP contribution >= 0.6 is 0 Å². The lowest BCUT2D eigenvalue weighted by Gasteiger charge is -2.18. The molecule has 2 heterocycles. The monoisotopic (exact) mass is 510 g/mol. The first-order valence-electron chi connectivity index (χ1n) is 12.3. The molecule has 0 saturated heterocycles. The van der Waals surface area contributed by atoms with E-state index in [0.29, 0.717) is 13.0 Å². The minimum absolute atomic E-state index is 0.0962. The molecule has 0 aliphatic carbocycles. The second-order valence-corrected chi connectivity index (χ2v) is 12.0. The molecule has 0 saturated carbocycles. The third kappa shape index (κ3) is 4.72. The quantitative estimate of drug-likeness (QED) is 0.364. The summed E-state index contributed by atoms with van der Waals surface area (Å²) < 4.78 is 32.1. The first kappa shape index (κ1) is 25.8. The summed E-state index contributed by atoms with van der Waals surface area (Å²) in [4.78, 5) is 26.6. The molecule has 0 radical (unpaired) electrons. The van der Waals surface area contributed by atoms with Gasteiger partial charge >= 0.3 is 5.69 Å². The van der Waals surface area contributed by atoms with Gasteiger partial charge in [0.05, 0.1) is 22.8 Å². The molecule has 0 bridgehead atoms. The van der Waals surface area contributed by atoms with Gasteiger partial charge in [-0.15, -0.1) is 0 Å². The Kier molecular flexibility index (Phi) is 7.13. The number of fused-ring (bicyclic) bond motifs is 2. The van der Waals surface area contributed by atoms with Crippen LogP contribution in [0.1, 0.15) is 57.2 Å². The molecule has 4 aromatic rings. The minimum atomic E-state index is -3.75. The lowest BCUT2D eigenvalue weighted by atomic mass is 10.1. The Labute approximate surface area is 211 Å². The Morgan fingerprint density at radius 3 is 2.36 bits per heavy atom. The lowest BCUT2D eigenvalue weighted by molar-refractivity contribution is -0.120. The summed E-state index contributed by atoms with van der Waals surface area (Å²) in [5.41, 5.74) is 4.60. The van der Waals surface area contributed by atoms with Crippen molar-refractivity contribution in [2.24, 2.45) is 7.05 Å². The number of carbonyl (C=O) groups is 1. The van der Waals surface area contributed by atoms with Gasteiger partial charge in [0.2, 0.25) is 15.9 Å². The Balaban J connectivity index is 1.79. The van der Waals surface area contributed by atoms with Crippen molar-refractivity contribution in [3.05, 3.63) is 70.3 Å². The second kappa shape index (κ2) is 9.97. The Morgan fingerprint density at radius 2 is 1.69 bits per heavy atom. The Morgan fingerprint density at radius 1 is 1.03 bits per heavy atom. The van der Waals surface area contributed by atoms with Crippen LogP contribution in [0.25, 0.3) is 21.9 Å². The zero-order valence-electron chi connectivity index (χ0n) is 21.5. The predicted octanol–water partition coefficient (Wildman–Crippen LogP) is 4.24. The van der Waals surface area contributed by atoms with Crippen LogP contribution in [0.5, 0.6) is 0 Å². The summed E-state index contributed by atoms with van der Waals surface area (Å²) in [6.07, 6.45) is 3.27. The molecule has 2 aromatic heterocycles. The van der Waals surface area contributed by atoms with Crippen molar-refractivity contribution in [3.63, 3.8) is 0 Å². The van der Waals surface area contributed by atoms with Gasteiger partial charge in [-0.2, -0.15) is 0 Å². The number of hydrogen-bond acceptors (Lipinski definition) is 4. The van der Waals surface area contributed by atoms with Crippen LogP contribution in [-0.4, -0.2) is 33.3 Å². The molecule has 1 N–H and O–H groups in total. The van der Waals surface area contributed by atoms with E-state index in [1.165, 1.54) is 13.8 Å². The average molecular weight is 511 g/mol. The maximum atomic E-state index is 13.9. The van der Waals surface area contributed by atoms with Gasteiger partial charge in [0.25, 0.3) is 0 Å². The number of hydrogen-bond donors (Lipinski definition) is 1. The van der Waals surface area contributed by atoms with Crippen molar-refractivity contribution in [1.82, 2.24) is 18.4 Å². The van der Waals surface area contributed by atoms with Crippen LogP contribution in [0, 0.1) is 6.92 Å². The zero-order valence-corrected chi connectivity index (χ0v) is 22.3. The van der Waals surface area contributed by atoms with E-state index in [0.717, 1.165) is 39.5 Å². The number of aromatic nitrogens is 3. The fourth-order valence-electron chi connectivity index (χ4n) is 4.95. The molecule has 2 aromatic carbocycles. The van der Waals surface area contributed by atoms with Crippen LogP contribution in [0.4, 0.5) is 0 Å². The van der Waals surface area contributed by atoms with Gasteiger partial charge in [0.15, 0.2) is 0 Å². The van der Waals surface area contributed by atoms with Gasteiger partial charge in [0.1, 0.15) is 0 Å². The smallest absolute Gasteiger partial charge is 0.329 e. The fourth-order valence-corrected chi connectivity index (χ4v) is 5.58. The van der Waals surface area contributed by atoms with Gasteiger partial charge in [-0.25, -0.2) is 13.2 Å². The van der Waals surface area contributed by atoms with Crippen LogP contribution in [-0.2, 0) is 28.4 Å². The van der Waals surface area contributed by atoms with E-state index < -0.39 is 27.2 Å². The number of nitrogens with one attached hydrogen (secondary N) is 1. The molecule has 1 atom stereocenters. The summed E-state index contributed by atoms with van der Waals surface area (Å²) in [7, 11) is -1.75. The van der Waals surface area contributed by atoms with Gasteiger partial charge < -0.3 is 4.57 Å². The third-order valence-corrected chi connectivity index (χ3v) is 8.54. The van der Waals surface area contributed by atoms with E-state index in [1.807, 2.05) is 44.3 Å². The Hall–Kier alpha value is -3.33. The lowest BCUT2D eigenvalue weighted by Crippen LogP contribution is -2.38. The largest absolute Gasteiger partial charge is 0.350 e. The highest BCUT2D eigenvalue weighted by Crippen LogP contribution is 2.27. The van der Waals surface area contributed by atoms with E-state index in [4.69, 9.17) is 0 Å². The number of aryl methyl sites for hydroxylation is 2. The normalized spacial score (nSPS) is 13.1. The number of para-hydroxylation sites is 2. The maximum Gasteiger partial charge on any atom is 0.329 e. The molecule has 0 spiro atoms. The first-order chi connectivity index (χ1) is 17.0. The van der Waals surface area contributed by atoms with E-state index >= 15 is 0 Å². The first-order valence-corrected chi connectivity index (χ1v) is 13.9. The molecule has 9 heteroatoms. The van der Waals surface area contributed by atoms with E-state index in [9.17, 15) is 18.0 Å². The molecule has 0 aliphatic heterocycles. The van der Waals surface area contributed by atoms with Crippen molar-refractivity contribution < 1.29 is 13.2 Å². The molecule has 1 amide bonds. The number of amides is 1. The summed E-state index contributed by atoms with van der Waals surface area (Å²) >= 11 is 0. The molecule has 0 aliphatic rings. The third-order valence-electron chi connectivity index (χ3n) is 6.78. The Bertz CT molecular complexity index is 1590. The average Bonchev–Trinajstić information content (AvgIpc) is 3.28. The summed E-state index contributed by atoms with van der Waals surface area (Å²) in [5.74, 6) is -0.601. The van der Waals surface area contributed by atoms with E-state index in [1.54, 1.807) is 9.13 Å². The molecule has 192 valence electrons. The fraction of sp³-hybridized carbons (Fsp3) is 0.407. The number of rotatable bonds is 9. The van der Waals surface area contributed by atoms with Crippen molar-refractivity contribution in [2.45, 2.75) is 64.8 Å². The molecule has 8 nitrogen and oxygen atoms in total. The van der Waals surface area contributed by atoms with E-state index in [-0.39, 0.29) is 12.1 Å². The highest BCUT2D eigenvalue weighted by Gasteiger charge is 2.26. The topological polar surface area (TPSA) is 95.1 Å². The number of carbonyl (C=O) groups excluding carboxylic acids is 1. The van der Waals surface area contributed by atoms with Gasteiger partial charge in [-0.05, 0) is 56.5 Å². The van der Waals surface area contributed by atoms with Crippen LogP contribution < -0.4 is 10.4 Å². The summed E-state index contributed by atoms with van der Waals surface area (Å²) in [6, 6.07) is 13.3. The second-order valence-electron chi connectivity index (χ2n) is 9.73. The SMILES string of the molecule is CCC[C@@H](CC(=O)NS(=O)(=O)C(C)C)n1c(=O)n(Cc2cn(C)c3cccc(C)c23)c2ccccc21. The molecule has 0 fully saturated rings. The number of imidazole rings is 1.